The fourth-order valence-corrected chi connectivity index (χ4v) is 0.804. The van der Waals surface area contributed by atoms with E-state index in [0.29, 0.717) is 0 Å². The number of halogens is 1. The van der Waals surface area contributed by atoms with E-state index in [-0.39, 0.29) is 40.0 Å². The smallest absolute Gasteiger partial charge is 1.00 e. The predicted octanol–water partition coefficient (Wildman–Crippen LogP) is -1.24. The Hall–Kier alpha value is 0.00623. The Kier molecular flexibility index (Phi) is 9.25. The van der Waals surface area contributed by atoms with Crippen molar-refractivity contribution in [2.75, 3.05) is 7.11 Å². The van der Waals surface area contributed by atoms with Crippen LogP contribution in [0.5, 0.6) is 5.75 Å². The molecule has 1 rings (SSSR count). The molecule has 0 heterocycles. The van der Waals surface area contributed by atoms with Crippen molar-refractivity contribution in [3.63, 3.8) is 0 Å². The van der Waals surface area contributed by atoms with E-state index in [0.717, 1.165) is 11.3 Å². The van der Waals surface area contributed by atoms with Gasteiger partial charge in [0.25, 0.3) is 0 Å². The van der Waals surface area contributed by atoms with Crippen LogP contribution in [0.2, 0.25) is 0 Å². The topological polar surface area (TPSA) is 9.23 Å². The van der Waals surface area contributed by atoms with Crippen LogP contribution in [0.4, 0.5) is 0 Å². The second kappa shape index (κ2) is 7.64. The average molecular weight is 237 g/mol. The zero-order valence-corrected chi connectivity index (χ0v) is 9.96. The number of rotatable bonds is 2. The molecule has 60 valence electrons. The van der Waals surface area contributed by atoms with E-state index in [1.807, 2.05) is 24.3 Å². The van der Waals surface area contributed by atoms with Crippen LogP contribution in [-0.2, 0) is 0 Å². The Morgan fingerprint density at radius 1 is 1.33 bits per heavy atom. The quantitative estimate of drug-likeness (QED) is 0.462. The Balaban J connectivity index is 0. The van der Waals surface area contributed by atoms with Gasteiger partial charge in [-0.2, -0.15) is 0 Å². The fraction of sp³-hybridized carbons (Fsp3) is 0.111. The molecule has 1 aromatic carbocycles. The molecule has 0 atom stereocenters. The summed E-state index contributed by atoms with van der Waals surface area (Å²) in [4.78, 5) is 0. The number of hydrogen-bond acceptors (Lipinski definition) is 1. The van der Waals surface area contributed by atoms with Gasteiger partial charge in [0.05, 0.1) is 7.11 Å². The molecule has 0 saturated carbocycles. The van der Waals surface area contributed by atoms with E-state index in [1.54, 1.807) is 7.11 Å². The molecule has 0 spiro atoms. The second-order valence-corrected chi connectivity index (χ2v) is 1.91. The summed E-state index contributed by atoms with van der Waals surface area (Å²) in [5.74, 6) is 0.810. The van der Waals surface area contributed by atoms with Crippen LogP contribution in [0.3, 0.4) is 0 Å². The molecule has 0 aliphatic carbocycles. The Morgan fingerprint density at radius 2 is 1.92 bits per heavy atom. The summed E-state index contributed by atoms with van der Waals surface area (Å²) in [7, 11) is 1.63. The number of para-hydroxylation sites is 1. The normalized spacial score (nSPS) is 7.42. The summed E-state index contributed by atoms with van der Waals surface area (Å²) in [6, 6.07) is 7.60. The molecule has 0 aliphatic heterocycles. The van der Waals surface area contributed by atoms with E-state index < -0.39 is 0 Å². The van der Waals surface area contributed by atoms with E-state index in [4.69, 9.17) is 11.3 Å². The third-order valence-electron chi connectivity index (χ3n) is 1.32. The van der Waals surface area contributed by atoms with E-state index in [9.17, 15) is 0 Å². The summed E-state index contributed by atoms with van der Waals surface area (Å²) in [5, 5.41) is 0. The molecular formula is C9H9BrMgO. The van der Waals surface area contributed by atoms with Crippen molar-refractivity contribution in [2.24, 2.45) is 0 Å². The van der Waals surface area contributed by atoms with Crippen molar-refractivity contribution < 1.29 is 21.7 Å². The van der Waals surface area contributed by atoms with Gasteiger partial charge in [-0.15, -0.1) is 11.6 Å². The van der Waals surface area contributed by atoms with E-state index in [2.05, 4.69) is 0 Å². The molecule has 0 amide bonds. The molecule has 0 aliphatic rings. The molecule has 12 heavy (non-hydrogen) atoms. The molecule has 3 heteroatoms. The summed E-state index contributed by atoms with van der Waals surface area (Å²) in [5.41, 5.74) is 0.921. The van der Waals surface area contributed by atoms with Gasteiger partial charge in [0.2, 0.25) is 0 Å². The van der Waals surface area contributed by atoms with Crippen molar-refractivity contribution in [1.29, 1.82) is 0 Å². The van der Waals surface area contributed by atoms with Gasteiger partial charge in [0, 0.05) is 5.75 Å². The average Bonchev–Trinajstić information content (AvgIpc) is 2.04. The third kappa shape index (κ3) is 3.60. The molecule has 0 fully saturated rings. The van der Waals surface area contributed by atoms with E-state index >= 15 is 0 Å². The summed E-state index contributed by atoms with van der Waals surface area (Å²) in [6.45, 7) is 5.32. The van der Waals surface area contributed by atoms with Crippen LogP contribution in [0.25, 0.3) is 6.08 Å². The molecular weight excluding hydrogens is 228 g/mol. The van der Waals surface area contributed by atoms with Crippen LogP contribution in [-0.4, -0.2) is 30.2 Å². The van der Waals surface area contributed by atoms with Gasteiger partial charge < -0.3 is 21.7 Å². The number of methoxy groups -OCH3 is 1. The van der Waals surface area contributed by atoms with Crippen molar-refractivity contribution in [1.82, 2.24) is 0 Å². The maximum atomic E-state index is 5.32. The largest absolute Gasteiger partial charge is 2.00 e. The fourth-order valence-electron chi connectivity index (χ4n) is 0.804. The van der Waals surface area contributed by atoms with Crippen molar-refractivity contribution in [2.45, 2.75) is 0 Å². The number of hydrogen-bond donors (Lipinski definition) is 0. The van der Waals surface area contributed by atoms with Gasteiger partial charge in [-0.1, -0.05) is 12.1 Å². The third-order valence-corrected chi connectivity index (χ3v) is 1.32. The van der Waals surface area contributed by atoms with Crippen LogP contribution in [0.15, 0.2) is 24.3 Å². The predicted molar refractivity (Wildman–Crippen MR) is 47.5 cm³/mol. The van der Waals surface area contributed by atoms with Gasteiger partial charge in [-0.25, -0.2) is 6.08 Å². The van der Waals surface area contributed by atoms with Gasteiger partial charge in [0.15, 0.2) is 0 Å². The molecule has 0 aromatic heterocycles. The van der Waals surface area contributed by atoms with E-state index in [1.165, 1.54) is 6.08 Å². The molecule has 0 radical (unpaired) electrons. The minimum atomic E-state index is 0. The minimum absolute atomic E-state index is 0. The maximum absolute atomic E-state index is 5.32. The maximum Gasteiger partial charge on any atom is 2.00 e. The molecule has 0 bridgehead atoms. The monoisotopic (exact) mass is 236 g/mol. The minimum Gasteiger partial charge on any atom is -1.00 e. The molecule has 0 saturated heterocycles. The SMILES string of the molecule is [Br-].[CH-]=Cc1ccccc1OC.[Mg+2]. The first-order chi connectivity index (χ1) is 4.88. The first-order valence-electron chi connectivity index (χ1n) is 3.06. The molecule has 1 nitrogen and oxygen atoms in total. The standard InChI is InChI=1S/C9H9O.BrH.Mg/c1-3-8-6-4-5-7-9(8)10-2;;/h1,3-7H,2H3;1H;/q-1;;+2/p-1. The number of benzene rings is 1. The molecule has 0 unspecified atom stereocenters. The molecule has 1 aromatic rings. The summed E-state index contributed by atoms with van der Waals surface area (Å²) in [6.07, 6.45) is 1.53. The second-order valence-electron chi connectivity index (χ2n) is 1.91. The Bertz CT molecular complexity index is 238. The first-order valence-corrected chi connectivity index (χ1v) is 3.06. The Morgan fingerprint density at radius 3 is 2.33 bits per heavy atom. The Labute approximate surface area is 99.7 Å². The van der Waals surface area contributed by atoms with Crippen molar-refractivity contribution >= 4 is 29.1 Å². The van der Waals surface area contributed by atoms with Gasteiger partial charge in [-0.05, 0) is 6.07 Å². The summed E-state index contributed by atoms with van der Waals surface area (Å²) < 4.78 is 5.02. The van der Waals surface area contributed by atoms with Crippen LogP contribution in [0, 0.1) is 6.58 Å². The van der Waals surface area contributed by atoms with Crippen molar-refractivity contribution in [3.05, 3.63) is 36.4 Å². The zero-order chi connectivity index (χ0) is 7.40. The summed E-state index contributed by atoms with van der Waals surface area (Å²) >= 11 is 0. The first kappa shape index (κ1) is 14.5. The van der Waals surface area contributed by atoms with Crippen molar-refractivity contribution in [3.8, 4) is 5.75 Å². The van der Waals surface area contributed by atoms with Gasteiger partial charge in [0.1, 0.15) is 0 Å². The van der Waals surface area contributed by atoms with Gasteiger partial charge >= 0.3 is 23.1 Å². The van der Waals surface area contributed by atoms with Crippen LogP contribution < -0.4 is 21.7 Å². The number of ether oxygens (including phenoxy) is 1. The zero-order valence-electron chi connectivity index (χ0n) is 6.96. The molecule has 0 N–H and O–H groups in total. The van der Waals surface area contributed by atoms with Gasteiger partial charge in [-0.3, -0.25) is 6.58 Å². The van der Waals surface area contributed by atoms with Crippen LogP contribution >= 0.6 is 0 Å². The van der Waals surface area contributed by atoms with Crippen LogP contribution in [0.1, 0.15) is 5.56 Å².